The lowest BCUT2D eigenvalue weighted by molar-refractivity contribution is -0.113. The zero-order chi connectivity index (χ0) is 18.8. The summed E-state index contributed by atoms with van der Waals surface area (Å²) >= 11 is 8.74. The molecule has 1 amide bonds. The molecule has 0 fully saturated rings. The van der Waals surface area contributed by atoms with Crippen LogP contribution in [0.25, 0.3) is 0 Å². The topological polar surface area (TPSA) is 53.2 Å². The summed E-state index contributed by atoms with van der Waals surface area (Å²) in [7, 11) is 0. The average Bonchev–Trinajstić information content (AvgIpc) is 2.58. The highest BCUT2D eigenvalue weighted by molar-refractivity contribution is 9.10. The van der Waals surface area contributed by atoms with Crippen LogP contribution in [-0.4, -0.2) is 11.0 Å². The van der Waals surface area contributed by atoms with Gasteiger partial charge in [0.15, 0.2) is 5.11 Å². The average molecular weight is 430 g/mol. The van der Waals surface area contributed by atoms with Gasteiger partial charge in [-0.15, -0.1) is 0 Å². The molecule has 1 aliphatic heterocycles. The minimum Gasteiger partial charge on any atom is -0.351 e. The monoisotopic (exact) mass is 429 g/mol. The van der Waals surface area contributed by atoms with Gasteiger partial charge in [0.1, 0.15) is 0 Å². The van der Waals surface area contributed by atoms with Crippen molar-refractivity contribution in [2.24, 2.45) is 0 Å². The van der Waals surface area contributed by atoms with Crippen molar-refractivity contribution in [1.29, 1.82) is 0 Å². The summed E-state index contributed by atoms with van der Waals surface area (Å²) in [5.74, 6) is -0.147. The number of nitrogens with one attached hydrogen (secondary N) is 3. The molecule has 2 aromatic carbocycles. The molecule has 0 radical (unpaired) electrons. The lowest BCUT2D eigenvalue weighted by Crippen LogP contribution is -2.45. The first-order valence-electron chi connectivity index (χ1n) is 8.27. The molecule has 0 spiro atoms. The van der Waals surface area contributed by atoms with Gasteiger partial charge in [-0.05, 0) is 67.9 Å². The van der Waals surface area contributed by atoms with E-state index in [0.29, 0.717) is 10.7 Å². The standard InChI is InChI=1S/C20H20BrN3OS/c1-11-4-5-12(2)16(10-11)23-19(25)17-13(3)22-20(26)24-18(17)14-6-8-15(21)9-7-14/h4-10,18H,1-3H3,(H,23,25)(H2,22,24,26)/t18-/m1/s1. The molecule has 0 aromatic heterocycles. The first-order chi connectivity index (χ1) is 12.3. The summed E-state index contributed by atoms with van der Waals surface area (Å²) in [6.07, 6.45) is 0. The Hall–Kier alpha value is -2.18. The van der Waals surface area contributed by atoms with Crippen molar-refractivity contribution < 1.29 is 4.79 Å². The summed E-state index contributed by atoms with van der Waals surface area (Å²) in [6.45, 7) is 5.86. The van der Waals surface area contributed by atoms with E-state index in [4.69, 9.17) is 12.2 Å². The van der Waals surface area contributed by atoms with Crippen LogP contribution in [0.4, 0.5) is 5.69 Å². The molecule has 0 bridgehead atoms. The van der Waals surface area contributed by atoms with Gasteiger partial charge in [0, 0.05) is 15.9 Å². The summed E-state index contributed by atoms with van der Waals surface area (Å²) in [5.41, 5.74) is 5.30. The molecule has 1 heterocycles. The Bertz CT molecular complexity index is 906. The molecule has 0 aliphatic carbocycles. The molecule has 1 aliphatic rings. The third-order valence-electron chi connectivity index (χ3n) is 4.36. The Kier molecular flexibility index (Phi) is 5.44. The number of halogens is 1. The SMILES string of the molecule is CC1=C(C(=O)Nc2cc(C)ccc2C)[C@@H](c2ccc(Br)cc2)NC(=S)N1. The molecule has 0 saturated carbocycles. The van der Waals surface area contributed by atoms with E-state index >= 15 is 0 Å². The fraction of sp³-hybridized carbons (Fsp3) is 0.200. The first-order valence-corrected chi connectivity index (χ1v) is 9.47. The molecular weight excluding hydrogens is 410 g/mol. The minimum atomic E-state index is -0.304. The maximum absolute atomic E-state index is 13.1. The lowest BCUT2D eigenvalue weighted by Gasteiger charge is -2.30. The Morgan fingerprint density at radius 1 is 1.12 bits per heavy atom. The van der Waals surface area contributed by atoms with Crippen LogP contribution in [0.5, 0.6) is 0 Å². The highest BCUT2D eigenvalue weighted by Crippen LogP contribution is 2.29. The van der Waals surface area contributed by atoms with Crippen molar-refractivity contribution >= 4 is 44.9 Å². The molecule has 26 heavy (non-hydrogen) atoms. The Labute approximate surface area is 167 Å². The van der Waals surface area contributed by atoms with Gasteiger partial charge in [0.25, 0.3) is 5.91 Å². The molecule has 0 unspecified atom stereocenters. The maximum atomic E-state index is 13.1. The van der Waals surface area contributed by atoms with E-state index < -0.39 is 0 Å². The number of rotatable bonds is 3. The molecule has 6 heteroatoms. The normalized spacial score (nSPS) is 16.8. The number of thiocarbonyl (C=S) groups is 1. The van der Waals surface area contributed by atoms with Gasteiger partial charge in [-0.1, -0.05) is 40.2 Å². The van der Waals surface area contributed by atoms with E-state index in [2.05, 4.69) is 31.9 Å². The molecular formula is C20H20BrN3OS. The van der Waals surface area contributed by atoms with Crippen LogP contribution < -0.4 is 16.0 Å². The van der Waals surface area contributed by atoms with Crippen molar-refractivity contribution in [3.63, 3.8) is 0 Å². The summed E-state index contributed by atoms with van der Waals surface area (Å²) in [4.78, 5) is 13.1. The van der Waals surface area contributed by atoms with E-state index in [0.717, 1.165) is 32.5 Å². The number of hydrogen-bond donors (Lipinski definition) is 3. The van der Waals surface area contributed by atoms with Crippen LogP contribution in [0, 0.1) is 13.8 Å². The van der Waals surface area contributed by atoms with Crippen molar-refractivity contribution in [3.05, 3.63) is 74.9 Å². The number of anilines is 1. The fourth-order valence-corrected chi connectivity index (χ4v) is 3.50. The summed E-state index contributed by atoms with van der Waals surface area (Å²) in [6, 6.07) is 13.6. The lowest BCUT2D eigenvalue weighted by atomic mass is 9.95. The Morgan fingerprint density at radius 3 is 2.50 bits per heavy atom. The van der Waals surface area contributed by atoms with E-state index in [1.54, 1.807) is 0 Å². The van der Waals surface area contributed by atoms with E-state index in [-0.39, 0.29) is 11.9 Å². The van der Waals surface area contributed by atoms with Crippen molar-refractivity contribution in [2.45, 2.75) is 26.8 Å². The Balaban J connectivity index is 1.96. The first kappa shape index (κ1) is 18.6. The summed E-state index contributed by atoms with van der Waals surface area (Å²) in [5, 5.41) is 9.84. The molecule has 1 atom stereocenters. The Morgan fingerprint density at radius 2 is 1.81 bits per heavy atom. The highest BCUT2D eigenvalue weighted by Gasteiger charge is 2.30. The fourth-order valence-electron chi connectivity index (χ4n) is 2.96. The van der Waals surface area contributed by atoms with Crippen molar-refractivity contribution in [1.82, 2.24) is 10.6 Å². The number of hydrogen-bond acceptors (Lipinski definition) is 2. The minimum absolute atomic E-state index is 0.147. The predicted octanol–water partition coefficient (Wildman–Crippen LogP) is 4.50. The van der Waals surface area contributed by atoms with Crippen LogP contribution in [0.1, 0.15) is 29.7 Å². The number of benzene rings is 2. The predicted molar refractivity (Wildman–Crippen MR) is 113 cm³/mol. The third kappa shape index (κ3) is 3.97. The van der Waals surface area contributed by atoms with Crippen molar-refractivity contribution in [3.8, 4) is 0 Å². The zero-order valence-electron chi connectivity index (χ0n) is 14.8. The van der Waals surface area contributed by atoms with Gasteiger partial charge in [-0.2, -0.15) is 0 Å². The molecule has 4 nitrogen and oxygen atoms in total. The molecule has 3 N–H and O–H groups in total. The third-order valence-corrected chi connectivity index (χ3v) is 5.11. The molecule has 134 valence electrons. The van der Waals surface area contributed by atoms with Gasteiger partial charge in [0.2, 0.25) is 0 Å². The summed E-state index contributed by atoms with van der Waals surface area (Å²) < 4.78 is 0.986. The second-order valence-electron chi connectivity index (χ2n) is 6.39. The molecule has 2 aromatic rings. The van der Waals surface area contributed by atoms with E-state index in [9.17, 15) is 4.79 Å². The van der Waals surface area contributed by atoms with Gasteiger partial charge in [-0.25, -0.2) is 0 Å². The van der Waals surface area contributed by atoms with E-state index in [1.165, 1.54) is 0 Å². The number of carbonyl (C=O) groups excluding carboxylic acids is 1. The maximum Gasteiger partial charge on any atom is 0.255 e. The van der Waals surface area contributed by atoms with E-state index in [1.807, 2.05) is 63.2 Å². The highest BCUT2D eigenvalue weighted by atomic mass is 79.9. The van der Waals surface area contributed by atoms with Crippen LogP contribution in [0.15, 0.2) is 58.2 Å². The van der Waals surface area contributed by atoms with Crippen LogP contribution >= 0.6 is 28.1 Å². The van der Waals surface area contributed by atoms with Crippen molar-refractivity contribution in [2.75, 3.05) is 5.32 Å². The van der Waals surface area contributed by atoms with Crippen LogP contribution in [-0.2, 0) is 4.79 Å². The number of allylic oxidation sites excluding steroid dienone is 1. The number of aryl methyl sites for hydroxylation is 2. The quantitative estimate of drug-likeness (QED) is 0.628. The zero-order valence-corrected chi connectivity index (χ0v) is 17.2. The second-order valence-corrected chi connectivity index (χ2v) is 7.72. The van der Waals surface area contributed by atoms with Gasteiger partial charge < -0.3 is 16.0 Å². The smallest absolute Gasteiger partial charge is 0.255 e. The largest absolute Gasteiger partial charge is 0.351 e. The molecule has 3 rings (SSSR count). The second kappa shape index (κ2) is 7.60. The molecule has 0 saturated heterocycles. The van der Waals surface area contributed by atoms with Crippen LogP contribution in [0.3, 0.4) is 0 Å². The van der Waals surface area contributed by atoms with Gasteiger partial charge >= 0.3 is 0 Å². The van der Waals surface area contributed by atoms with Crippen LogP contribution in [0.2, 0.25) is 0 Å². The number of amides is 1. The number of carbonyl (C=O) groups is 1. The van der Waals surface area contributed by atoms with Gasteiger partial charge in [0.05, 0.1) is 11.6 Å². The van der Waals surface area contributed by atoms with Gasteiger partial charge in [-0.3, -0.25) is 4.79 Å².